The highest BCUT2D eigenvalue weighted by Crippen LogP contribution is 2.33. The standard InChI is InChI=1S/C13H10Cl2N4S/c1-6-17-5-10(20-6)13-18-11-8(12(16-2)19-13)3-7(14)4-9(11)15/h3-5H,1-2H3,(H,16,18,19). The largest absolute Gasteiger partial charge is 0.373 e. The highest BCUT2D eigenvalue weighted by Gasteiger charge is 2.13. The van der Waals surface area contributed by atoms with Gasteiger partial charge in [-0.2, -0.15) is 0 Å². The van der Waals surface area contributed by atoms with Crippen molar-refractivity contribution < 1.29 is 0 Å². The van der Waals surface area contributed by atoms with E-state index in [4.69, 9.17) is 23.2 Å². The van der Waals surface area contributed by atoms with Gasteiger partial charge in [0.2, 0.25) is 0 Å². The van der Waals surface area contributed by atoms with Crippen LogP contribution in [0.25, 0.3) is 21.6 Å². The second-order valence-electron chi connectivity index (χ2n) is 4.17. The molecule has 0 atom stereocenters. The van der Waals surface area contributed by atoms with E-state index in [1.165, 1.54) is 0 Å². The molecule has 0 aliphatic heterocycles. The van der Waals surface area contributed by atoms with Crippen LogP contribution in [0.3, 0.4) is 0 Å². The topological polar surface area (TPSA) is 50.7 Å². The molecule has 0 saturated heterocycles. The predicted octanol–water partition coefficient (Wildman–Crippen LogP) is 4.41. The van der Waals surface area contributed by atoms with Gasteiger partial charge in [-0.3, -0.25) is 0 Å². The first-order chi connectivity index (χ1) is 9.58. The summed E-state index contributed by atoms with van der Waals surface area (Å²) in [6, 6.07) is 3.48. The molecule has 0 unspecified atom stereocenters. The van der Waals surface area contributed by atoms with Crippen molar-refractivity contribution in [2.45, 2.75) is 6.92 Å². The first-order valence-corrected chi connectivity index (χ1v) is 7.43. The Labute approximate surface area is 129 Å². The number of nitrogens with zero attached hydrogens (tertiary/aromatic N) is 3. The maximum absolute atomic E-state index is 6.24. The minimum Gasteiger partial charge on any atom is -0.373 e. The zero-order valence-electron chi connectivity index (χ0n) is 10.7. The summed E-state index contributed by atoms with van der Waals surface area (Å²) in [5, 5.41) is 5.89. The molecule has 0 spiro atoms. The van der Waals surface area contributed by atoms with Crippen molar-refractivity contribution in [3.8, 4) is 10.7 Å². The van der Waals surface area contributed by atoms with Crippen molar-refractivity contribution in [2.75, 3.05) is 12.4 Å². The van der Waals surface area contributed by atoms with Gasteiger partial charge in [0, 0.05) is 23.7 Å². The molecule has 3 rings (SSSR count). The lowest BCUT2D eigenvalue weighted by molar-refractivity contribution is 1.22. The van der Waals surface area contributed by atoms with E-state index in [-0.39, 0.29) is 0 Å². The molecular weight excluding hydrogens is 315 g/mol. The molecule has 3 aromatic rings. The van der Waals surface area contributed by atoms with Gasteiger partial charge >= 0.3 is 0 Å². The first-order valence-electron chi connectivity index (χ1n) is 5.86. The van der Waals surface area contributed by atoms with E-state index in [1.807, 2.05) is 6.92 Å². The van der Waals surface area contributed by atoms with Crippen molar-refractivity contribution in [1.29, 1.82) is 0 Å². The van der Waals surface area contributed by atoms with Crippen molar-refractivity contribution in [1.82, 2.24) is 15.0 Å². The molecule has 0 saturated carbocycles. The number of hydrogen-bond acceptors (Lipinski definition) is 5. The number of nitrogens with one attached hydrogen (secondary N) is 1. The maximum Gasteiger partial charge on any atom is 0.173 e. The Kier molecular flexibility index (Phi) is 3.50. The van der Waals surface area contributed by atoms with Crippen LogP contribution >= 0.6 is 34.5 Å². The van der Waals surface area contributed by atoms with Gasteiger partial charge in [-0.15, -0.1) is 11.3 Å². The minimum absolute atomic E-state index is 0.508. The lowest BCUT2D eigenvalue weighted by Crippen LogP contribution is -1.98. The summed E-state index contributed by atoms with van der Waals surface area (Å²) in [5.74, 6) is 1.30. The summed E-state index contributed by atoms with van der Waals surface area (Å²) in [4.78, 5) is 14.2. The van der Waals surface area contributed by atoms with Crippen LogP contribution in [0, 0.1) is 6.92 Å². The Morgan fingerprint density at radius 2 is 2.00 bits per heavy atom. The molecule has 7 heteroatoms. The van der Waals surface area contributed by atoms with Gasteiger partial charge in [-0.25, -0.2) is 15.0 Å². The average molecular weight is 325 g/mol. The van der Waals surface area contributed by atoms with E-state index in [2.05, 4.69) is 20.3 Å². The number of fused-ring (bicyclic) bond motifs is 1. The molecular formula is C13H10Cl2N4S. The van der Waals surface area contributed by atoms with Crippen LogP contribution in [0.5, 0.6) is 0 Å². The Bertz CT molecular complexity index is 800. The second kappa shape index (κ2) is 5.16. The van der Waals surface area contributed by atoms with E-state index in [0.29, 0.717) is 27.2 Å². The number of thiazole rings is 1. The number of rotatable bonds is 2. The first kappa shape index (κ1) is 13.5. The summed E-state index contributed by atoms with van der Waals surface area (Å²) in [6.45, 7) is 1.95. The van der Waals surface area contributed by atoms with Crippen molar-refractivity contribution >= 4 is 51.3 Å². The van der Waals surface area contributed by atoms with Crippen molar-refractivity contribution in [2.24, 2.45) is 0 Å². The average Bonchev–Trinajstić information content (AvgIpc) is 2.84. The monoisotopic (exact) mass is 324 g/mol. The van der Waals surface area contributed by atoms with Gasteiger partial charge in [0.05, 0.1) is 20.4 Å². The molecule has 20 heavy (non-hydrogen) atoms. The number of halogens is 2. The molecule has 0 aliphatic rings. The highest BCUT2D eigenvalue weighted by molar-refractivity contribution is 7.14. The van der Waals surface area contributed by atoms with Crippen LogP contribution in [0.2, 0.25) is 10.0 Å². The molecule has 2 heterocycles. The number of benzene rings is 1. The number of aromatic nitrogens is 3. The predicted molar refractivity (Wildman–Crippen MR) is 84.9 cm³/mol. The SMILES string of the molecule is CNc1nc(-c2cnc(C)s2)nc2c(Cl)cc(Cl)cc12. The van der Waals surface area contributed by atoms with Crippen LogP contribution in [0.1, 0.15) is 5.01 Å². The van der Waals surface area contributed by atoms with Crippen LogP contribution < -0.4 is 5.32 Å². The Balaban J connectivity index is 2.31. The number of anilines is 1. The van der Waals surface area contributed by atoms with E-state index in [1.54, 1.807) is 36.7 Å². The molecule has 1 N–H and O–H groups in total. The van der Waals surface area contributed by atoms with Gasteiger partial charge < -0.3 is 5.32 Å². The van der Waals surface area contributed by atoms with Gasteiger partial charge in [0.1, 0.15) is 5.82 Å². The van der Waals surface area contributed by atoms with E-state index >= 15 is 0 Å². The third kappa shape index (κ3) is 2.32. The lowest BCUT2D eigenvalue weighted by Gasteiger charge is -2.08. The number of hydrogen-bond donors (Lipinski definition) is 1. The van der Waals surface area contributed by atoms with Crippen LogP contribution in [-0.2, 0) is 0 Å². The van der Waals surface area contributed by atoms with E-state index in [9.17, 15) is 0 Å². The van der Waals surface area contributed by atoms with Crippen molar-refractivity contribution in [3.63, 3.8) is 0 Å². The quantitative estimate of drug-likeness (QED) is 0.758. The van der Waals surface area contributed by atoms with Gasteiger partial charge in [0.15, 0.2) is 5.82 Å². The highest BCUT2D eigenvalue weighted by atomic mass is 35.5. The van der Waals surface area contributed by atoms with Gasteiger partial charge in [-0.05, 0) is 19.1 Å². The fourth-order valence-corrected chi connectivity index (χ4v) is 3.17. The van der Waals surface area contributed by atoms with Gasteiger partial charge in [-0.1, -0.05) is 23.2 Å². The Morgan fingerprint density at radius 1 is 1.20 bits per heavy atom. The normalized spacial score (nSPS) is 11.0. The molecule has 2 aromatic heterocycles. The minimum atomic E-state index is 0.508. The summed E-state index contributed by atoms with van der Waals surface area (Å²) in [7, 11) is 1.80. The maximum atomic E-state index is 6.24. The third-order valence-corrected chi connectivity index (χ3v) is 4.21. The third-order valence-electron chi connectivity index (χ3n) is 2.80. The lowest BCUT2D eigenvalue weighted by atomic mass is 10.2. The summed E-state index contributed by atoms with van der Waals surface area (Å²) in [6.07, 6.45) is 1.77. The molecule has 0 radical (unpaired) electrons. The van der Waals surface area contributed by atoms with Crippen LogP contribution in [0.15, 0.2) is 18.3 Å². The number of aryl methyl sites for hydroxylation is 1. The molecule has 0 bridgehead atoms. The molecule has 102 valence electrons. The fourth-order valence-electron chi connectivity index (χ4n) is 1.92. The Morgan fingerprint density at radius 3 is 2.65 bits per heavy atom. The van der Waals surface area contributed by atoms with E-state index < -0.39 is 0 Å². The molecule has 0 fully saturated rings. The molecule has 4 nitrogen and oxygen atoms in total. The molecule has 0 amide bonds. The van der Waals surface area contributed by atoms with Gasteiger partial charge in [0.25, 0.3) is 0 Å². The summed E-state index contributed by atoms with van der Waals surface area (Å²) in [5.41, 5.74) is 0.677. The summed E-state index contributed by atoms with van der Waals surface area (Å²) >= 11 is 13.8. The molecule has 0 aliphatic carbocycles. The zero-order chi connectivity index (χ0) is 14.3. The van der Waals surface area contributed by atoms with Crippen LogP contribution in [-0.4, -0.2) is 22.0 Å². The second-order valence-corrected chi connectivity index (χ2v) is 6.25. The smallest absolute Gasteiger partial charge is 0.173 e. The zero-order valence-corrected chi connectivity index (χ0v) is 13.1. The fraction of sp³-hybridized carbons (Fsp3) is 0.154. The Hall–Kier alpha value is -1.43. The van der Waals surface area contributed by atoms with Crippen molar-refractivity contribution in [3.05, 3.63) is 33.4 Å². The summed E-state index contributed by atoms with van der Waals surface area (Å²) < 4.78 is 0. The molecule has 1 aromatic carbocycles. The van der Waals surface area contributed by atoms with Crippen LogP contribution in [0.4, 0.5) is 5.82 Å². The van der Waals surface area contributed by atoms with E-state index in [0.717, 1.165) is 15.3 Å².